The van der Waals surface area contributed by atoms with Gasteiger partial charge in [0.05, 0.1) is 0 Å². The molecule has 2 atom stereocenters. The maximum absolute atomic E-state index is 12.3. The quantitative estimate of drug-likeness (QED) is 0.831. The van der Waals surface area contributed by atoms with Gasteiger partial charge in [0.25, 0.3) is 0 Å². The minimum atomic E-state index is -4.50. The summed E-state index contributed by atoms with van der Waals surface area (Å²) in [5.74, 6) is 0.547. The first-order chi connectivity index (χ1) is 8.10. The Balaban J connectivity index is 2.48. The van der Waals surface area contributed by atoms with Crippen LogP contribution in [0.2, 0.25) is 0 Å². The number of halogens is 3. The Kier molecular flexibility index (Phi) is 5.06. The molecule has 1 aliphatic heterocycles. The van der Waals surface area contributed by atoms with Gasteiger partial charge in [-0.05, 0) is 43.7 Å². The Bertz CT molecular complexity index is 260. The van der Waals surface area contributed by atoms with Crippen LogP contribution in [0, 0.1) is 11.3 Å². The maximum atomic E-state index is 12.3. The fourth-order valence-electron chi connectivity index (χ4n) is 2.55. The van der Waals surface area contributed by atoms with Crippen molar-refractivity contribution < 1.29 is 18.3 Å². The molecule has 0 aliphatic carbocycles. The topological polar surface area (TPSA) is 23.5 Å². The van der Waals surface area contributed by atoms with E-state index >= 15 is 0 Å². The molecule has 0 amide bonds. The number of likely N-dealkylation sites (tertiary alicyclic amines) is 1. The normalized spacial score (nSPS) is 25.8. The molecule has 1 heterocycles. The van der Waals surface area contributed by atoms with Gasteiger partial charge in [-0.3, -0.25) is 0 Å². The van der Waals surface area contributed by atoms with Gasteiger partial charge < -0.3 is 10.0 Å². The highest BCUT2D eigenvalue weighted by atomic mass is 19.4. The fourth-order valence-corrected chi connectivity index (χ4v) is 2.55. The fraction of sp³-hybridized carbons (Fsp3) is 1.00. The van der Waals surface area contributed by atoms with Crippen LogP contribution >= 0.6 is 0 Å². The average molecular weight is 267 g/mol. The van der Waals surface area contributed by atoms with E-state index in [-0.39, 0.29) is 12.0 Å². The first kappa shape index (κ1) is 15.8. The van der Waals surface area contributed by atoms with Crippen molar-refractivity contribution in [3.63, 3.8) is 0 Å². The van der Waals surface area contributed by atoms with Crippen molar-refractivity contribution in [2.45, 2.75) is 52.3 Å². The summed E-state index contributed by atoms with van der Waals surface area (Å²) in [5, 5.41) is 9.09. The van der Waals surface area contributed by atoms with Gasteiger partial charge in [-0.2, -0.15) is 13.2 Å². The molecular weight excluding hydrogens is 243 g/mol. The second-order valence-corrected chi connectivity index (χ2v) is 6.35. The van der Waals surface area contributed by atoms with Crippen LogP contribution in [0.1, 0.15) is 40.0 Å². The number of β-amino-alcohol motifs (C(OH)–C–C–N with tert-alkyl or cyclic N) is 1. The zero-order chi connectivity index (χ0) is 14.0. The number of nitrogens with zero attached hydrogens (tertiary/aromatic N) is 1. The second kappa shape index (κ2) is 5.78. The molecule has 0 saturated carbocycles. The zero-order valence-electron chi connectivity index (χ0n) is 11.4. The van der Waals surface area contributed by atoms with Crippen molar-refractivity contribution in [1.82, 2.24) is 4.90 Å². The molecule has 0 radical (unpaired) electrons. The van der Waals surface area contributed by atoms with Gasteiger partial charge in [-0.15, -0.1) is 0 Å². The molecule has 2 nitrogen and oxygen atoms in total. The third-order valence-corrected chi connectivity index (χ3v) is 3.85. The van der Waals surface area contributed by atoms with E-state index in [1.807, 2.05) is 0 Å². The van der Waals surface area contributed by atoms with E-state index in [1.165, 1.54) is 0 Å². The average Bonchev–Trinajstić information content (AvgIpc) is 2.40. The summed E-state index contributed by atoms with van der Waals surface area (Å²) in [5.41, 5.74) is 0.207. The van der Waals surface area contributed by atoms with Crippen molar-refractivity contribution in [3.8, 4) is 0 Å². The van der Waals surface area contributed by atoms with Gasteiger partial charge in [-0.25, -0.2) is 0 Å². The molecule has 1 aliphatic rings. The van der Waals surface area contributed by atoms with Gasteiger partial charge in [0.2, 0.25) is 0 Å². The van der Waals surface area contributed by atoms with Crippen LogP contribution < -0.4 is 0 Å². The third-order valence-electron chi connectivity index (χ3n) is 3.85. The number of alkyl halides is 3. The lowest BCUT2D eigenvalue weighted by molar-refractivity contribution is -0.208. The van der Waals surface area contributed by atoms with Gasteiger partial charge in [0.15, 0.2) is 6.10 Å². The van der Waals surface area contributed by atoms with Gasteiger partial charge in [-0.1, -0.05) is 20.8 Å². The van der Waals surface area contributed by atoms with E-state index in [0.717, 1.165) is 19.3 Å². The molecule has 1 fully saturated rings. The molecular formula is C13H24F3NO. The zero-order valence-corrected chi connectivity index (χ0v) is 11.4. The lowest BCUT2D eigenvalue weighted by Gasteiger charge is -2.30. The predicted molar refractivity (Wildman–Crippen MR) is 65.3 cm³/mol. The van der Waals surface area contributed by atoms with E-state index in [0.29, 0.717) is 19.0 Å². The molecule has 0 bridgehead atoms. The van der Waals surface area contributed by atoms with Gasteiger partial charge in [0, 0.05) is 6.54 Å². The number of aliphatic hydroxyl groups is 1. The molecule has 2 unspecified atom stereocenters. The van der Waals surface area contributed by atoms with Crippen molar-refractivity contribution >= 4 is 0 Å². The number of aliphatic hydroxyl groups excluding tert-OH is 1. The second-order valence-electron chi connectivity index (χ2n) is 6.35. The smallest absolute Gasteiger partial charge is 0.382 e. The minimum Gasteiger partial charge on any atom is -0.382 e. The van der Waals surface area contributed by atoms with Crippen LogP contribution in [0.25, 0.3) is 0 Å². The first-order valence-corrected chi connectivity index (χ1v) is 6.58. The summed E-state index contributed by atoms with van der Waals surface area (Å²) in [4.78, 5) is 1.74. The maximum Gasteiger partial charge on any atom is 0.415 e. The largest absolute Gasteiger partial charge is 0.415 e. The molecule has 1 N–H and O–H groups in total. The third kappa shape index (κ3) is 4.76. The van der Waals surface area contributed by atoms with Crippen molar-refractivity contribution in [2.24, 2.45) is 11.3 Å². The Hall–Kier alpha value is -0.290. The number of hydrogen-bond donors (Lipinski definition) is 1. The molecule has 0 aromatic carbocycles. The van der Waals surface area contributed by atoms with Crippen LogP contribution in [0.4, 0.5) is 13.2 Å². The van der Waals surface area contributed by atoms with E-state index in [2.05, 4.69) is 20.8 Å². The molecule has 1 saturated heterocycles. The highest BCUT2D eigenvalue weighted by Crippen LogP contribution is 2.34. The summed E-state index contributed by atoms with van der Waals surface area (Å²) in [6.45, 7) is 7.54. The molecule has 0 spiro atoms. The lowest BCUT2D eigenvalue weighted by atomic mass is 9.77. The summed E-state index contributed by atoms with van der Waals surface area (Å²) in [6, 6.07) is 0. The van der Waals surface area contributed by atoms with Crippen LogP contribution in [0.3, 0.4) is 0 Å². The van der Waals surface area contributed by atoms with Crippen LogP contribution in [0.15, 0.2) is 0 Å². The molecule has 0 aromatic heterocycles. The SMILES string of the molecule is CC(C)(C)C1CCCN(CC(O)C(F)(F)F)CC1. The molecule has 108 valence electrons. The molecule has 0 aromatic rings. The summed E-state index contributed by atoms with van der Waals surface area (Å²) in [7, 11) is 0. The molecule has 1 rings (SSSR count). The van der Waals surface area contributed by atoms with Crippen molar-refractivity contribution in [1.29, 1.82) is 0 Å². The Morgan fingerprint density at radius 1 is 1.17 bits per heavy atom. The minimum absolute atomic E-state index is 0.207. The predicted octanol–water partition coefficient (Wildman–Crippen LogP) is 3.06. The molecule has 5 heteroatoms. The number of rotatable bonds is 2. The Morgan fingerprint density at radius 3 is 2.28 bits per heavy atom. The van der Waals surface area contributed by atoms with E-state index in [4.69, 9.17) is 5.11 Å². The van der Waals surface area contributed by atoms with Gasteiger partial charge >= 0.3 is 6.18 Å². The Labute approximate surface area is 107 Å². The number of hydrogen-bond acceptors (Lipinski definition) is 2. The van der Waals surface area contributed by atoms with Crippen molar-refractivity contribution in [3.05, 3.63) is 0 Å². The lowest BCUT2D eigenvalue weighted by Crippen LogP contribution is -2.41. The highest BCUT2D eigenvalue weighted by Gasteiger charge is 2.39. The van der Waals surface area contributed by atoms with Crippen molar-refractivity contribution in [2.75, 3.05) is 19.6 Å². The van der Waals surface area contributed by atoms with Crippen LogP contribution in [0.5, 0.6) is 0 Å². The first-order valence-electron chi connectivity index (χ1n) is 6.58. The van der Waals surface area contributed by atoms with Crippen LogP contribution in [-0.2, 0) is 0 Å². The standard InChI is InChI=1S/C13H24F3NO/c1-12(2,3)10-5-4-7-17(8-6-10)9-11(18)13(14,15)16/h10-11,18H,4-9H2,1-3H3. The monoisotopic (exact) mass is 267 g/mol. The van der Waals surface area contributed by atoms with Gasteiger partial charge in [0.1, 0.15) is 0 Å². The summed E-state index contributed by atoms with van der Waals surface area (Å²) < 4.78 is 36.9. The Morgan fingerprint density at radius 2 is 1.78 bits per heavy atom. The summed E-state index contributed by atoms with van der Waals surface area (Å²) >= 11 is 0. The van der Waals surface area contributed by atoms with Crippen LogP contribution in [-0.4, -0.2) is 41.9 Å². The van der Waals surface area contributed by atoms with E-state index in [1.54, 1.807) is 4.90 Å². The van der Waals surface area contributed by atoms with E-state index < -0.39 is 12.3 Å². The molecule has 18 heavy (non-hydrogen) atoms. The summed E-state index contributed by atoms with van der Waals surface area (Å²) in [6.07, 6.45) is -3.85. The van der Waals surface area contributed by atoms with E-state index in [9.17, 15) is 13.2 Å². The highest BCUT2D eigenvalue weighted by molar-refractivity contribution is 4.80.